The average molecular weight is 277 g/mol. The molecule has 2 saturated heterocycles. The van der Waals surface area contributed by atoms with Crippen molar-refractivity contribution in [1.82, 2.24) is 4.31 Å². The summed E-state index contributed by atoms with van der Waals surface area (Å²) in [6.07, 6.45) is 4.68. The average Bonchev–Trinajstić information content (AvgIpc) is 2.39. The molecule has 0 aromatic carbocycles. The number of hydrogen-bond acceptors (Lipinski definition) is 4. The minimum atomic E-state index is -3.16. The van der Waals surface area contributed by atoms with Gasteiger partial charge in [-0.2, -0.15) is 0 Å². The Labute approximate surface area is 109 Å². The van der Waals surface area contributed by atoms with E-state index < -0.39 is 10.0 Å². The molecule has 0 spiro atoms. The molecule has 0 amide bonds. The molecule has 2 aliphatic rings. The third-order valence-corrected chi connectivity index (χ3v) is 5.74. The van der Waals surface area contributed by atoms with Crippen LogP contribution in [0.4, 0.5) is 0 Å². The summed E-state index contributed by atoms with van der Waals surface area (Å²) in [5.74, 6) is 0.144. The fraction of sp³-hybridized carbons (Fsp3) is 1.00. The van der Waals surface area contributed by atoms with Gasteiger partial charge in [0.15, 0.2) is 0 Å². The second kappa shape index (κ2) is 6.32. The zero-order valence-corrected chi connectivity index (χ0v) is 11.8. The van der Waals surface area contributed by atoms with Crippen molar-refractivity contribution in [2.45, 2.75) is 44.3 Å². The van der Waals surface area contributed by atoms with Crippen molar-refractivity contribution in [3.8, 4) is 0 Å². The Balaban J connectivity index is 1.86. The van der Waals surface area contributed by atoms with Crippen LogP contribution in [-0.2, 0) is 19.5 Å². The van der Waals surface area contributed by atoms with E-state index in [9.17, 15) is 8.42 Å². The highest BCUT2D eigenvalue weighted by atomic mass is 32.2. The first-order valence-electron chi connectivity index (χ1n) is 6.74. The fourth-order valence-corrected chi connectivity index (χ4v) is 4.34. The maximum absolute atomic E-state index is 12.3. The SMILES string of the molecule is COC1CCN(S(=O)(=O)C[C@@H]2CCCCO2)CC1. The lowest BCUT2D eigenvalue weighted by molar-refractivity contribution is 0.0289. The molecule has 1 atom stereocenters. The Kier molecular flexibility index (Phi) is 5.00. The van der Waals surface area contributed by atoms with Crippen molar-refractivity contribution in [2.75, 3.05) is 32.6 Å². The molecule has 5 nitrogen and oxygen atoms in total. The van der Waals surface area contributed by atoms with Gasteiger partial charge in [0.05, 0.1) is 18.0 Å². The first kappa shape index (κ1) is 14.2. The Morgan fingerprint density at radius 1 is 1.22 bits per heavy atom. The fourth-order valence-electron chi connectivity index (χ4n) is 2.63. The second-order valence-electron chi connectivity index (χ2n) is 5.10. The lowest BCUT2D eigenvalue weighted by Gasteiger charge is -2.32. The second-order valence-corrected chi connectivity index (χ2v) is 7.11. The Bertz CT molecular complexity index is 343. The molecule has 2 heterocycles. The smallest absolute Gasteiger partial charge is 0.216 e. The molecule has 6 heteroatoms. The maximum Gasteiger partial charge on any atom is 0.216 e. The Morgan fingerprint density at radius 3 is 2.50 bits per heavy atom. The van der Waals surface area contributed by atoms with Crippen LogP contribution in [0.1, 0.15) is 32.1 Å². The molecule has 0 aromatic heterocycles. The van der Waals surface area contributed by atoms with E-state index in [-0.39, 0.29) is 18.0 Å². The van der Waals surface area contributed by atoms with Crippen LogP contribution in [0.5, 0.6) is 0 Å². The minimum absolute atomic E-state index is 0.108. The topological polar surface area (TPSA) is 55.8 Å². The van der Waals surface area contributed by atoms with Gasteiger partial charge in [0.25, 0.3) is 0 Å². The van der Waals surface area contributed by atoms with Gasteiger partial charge in [-0.05, 0) is 32.1 Å². The number of rotatable bonds is 4. The van der Waals surface area contributed by atoms with Crippen molar-refractivity contribution < 1.29 is 17.9 Å². The van der Waals surface area contributed by atoms with E-state index in [1.165, 1.54) is 0 Å². The number of ether oxygens (including phenoxy) is 2. The van der Waals surface area contributed by atoms with E-state index in [1.54, 1.807) is 11.4 Å². The van der Waals surface area contributed by atoms with Crippen molar-refractivity contribution in [1.29, 1.82) is 0 Å². The molecule has 0 radical (unpaired) electrons. The van der Waals surface area contributed by atoms with Crippen LogP contribution < -0.4 is 0 Å². The van der Waals surface area contributed by atoms with E-state index in [4.69, 9.17) is 9.47 Å². The van der Waals surface area contributed by atoms with Gasteiger partial charge in [-0.3, -0.25) is 0 Å². The molecule has 2 aliphatic heterocycles. The molecule has 2 rings (SSSR count). The normalized spacial score (nSPS) is 28.4. The van der Waals surface area contributed by atoms with Crippen LogP contribution in [0, 0.1) is 0 Å². The zero-order chi connectivity index (χ0) is 13.0. The van der Waals surface area contributed by atoms with Gasteiger partial charge in [0.2, 0.25) is 10.0 Å². The lowest BCUT2D eigenvalue weighted by Crippen LogP contribution is -2.44. The number of piperidine rings is 1. The number of nitrogens with zero attached hydrogens (tertiary/aromatic N) is 1. The number of hydrogen-bond donors (Lipinski definition) is 0. The molecule has 0 aromatic rings. The van der Waals surface area contributed by atoms with Crippen LogP contribution in [0.2, 0.25) is 0 Å². The van der Waals surface area contributed by atoms with E-state index in [0.717, 1.165) is 32.1 Å². The van der Waals surface area contributed by atoms with Crippen LogP contribution in [0.15, 0.2) is 0 Å². The van der Waals surface area contributed by atoms with Crippen LogP contribution in [0.25, 0.3) is 0 Å². The van der Waals surface area contributed by atoms with Gasteiger partial charge in [0, 0.05) is 26.8 Å². The summed E-state index contributed by atoms with van der Waals surface area (Å²) >= 11 is 0. The summed E-state index contributed by atoms with van der Waals surface area (Å²) < 4.78 is 36.9. The highest BCUT2D eigenvalue weighted by Crippen LogP contribution is 2.20. The third kappa shape index (κ3) is 3.66. The van der Waals surface area contributed by atoms with Gasteiger partial charge in [0.1, 0.15) is 0 Å². The van der Waals surface area contributed by atoms with Crippen molar-refractivity contribution >= 4 is 10.0 Å². The summed E-state index contributed by atoms with van der Waals surface area (Å²) in [7, 11) is -1.48. The summed E-state index contributed by atoms with van der Waals surface area (Å²) in [4.78, 5) is 0. The molecule has 0 unspecified atom stereocenters. The molecule has 0 bridgehead atoms. The van der Waals surface area contributed by atoms with Gasteiger partial charge >= 0.3 is 0 Å². The van der Waals surface area contributed by atoms with Gasteiger partial charge in [-0.25, -0.2) is 12.7 Å². The van der Waals surface area contributed by atoms with Crippen molar-refractivity contribution in [2.24, 2.45) is 0 Å². The summed E-state index contributed by atoms with van der Waals surface area (Å²) in [5, 5.41) is 0. The predicted octanol–water partition coefficient (Wildman–Crippen LogP) is 0.996. The van der Waals surface area contributed by atoms with Gasteiger partial charge in [-0.1, -0.05) is 0 Å². The standard InChI is InChI=1S/C12H23NO4S/c1-16-11-5-7-13(8-6-11)18(14,15)10-12-4-2-3-9-17-12/h11-12H,2-10H2,1H3/t12-/m0/s1. The highest BCUT2D eigenvalue weighted by Gasteiger charge is 2.31. The quantitative estimate of drug-likeness (QED) is 0.769. The largest absolute Gasteiger partial charge is 0.381 e. The van der Waals surface area contributed by atoms with E-state index in [2.05, 4.69) is 0 Å². The molecule has 0 saturated carbocycles. The molecule has 18 heavy (non-hydrogen) atoms. The van der Waals surface area contributed by atoms with Gasteiger partial charge < -0.3 is 9.47 Å². The van der Waals surface area contributed by atoms with Crippen molar-refractivity contribution in [3.05, 3.63) is 0 Å². The van der Waals surface area contributed by atoms with Crippen molar-refractivity contribution in [3.63, 3.8) is 0 Å². The number of methoxy groups -OCH3 is 1. The molecule has 106 valence electrons. The van der Waals surface area contributed by atoms with E-state index >= 15 is 0 Å². The maximum atomic E-state index is 12.3. The molecule has 0 N–H and O–H groups in total. The molecule has 2 fully saturated rings. The van der Waals surface area contributed by atoms with E-state index in [0.29, 0.717) is 19.7 Å². The van der Waals surface area contributed by atoms with Crippen LogP contribution in [0.3, 0.4) is 0 Å². The van der Waals surface area contributed by atoms with Crippen LogP contribution in [-0.4, -0.2) is 57.5 Å². The van der Waals surface area contributed by atoms with Crippen LogP contribution >= 0.6 is 0 Å². The summed E-state index contributed by atoms with van der Waals surface area (Å²) in [6, 6.07) is 0. The third-order valence-electron chi connectivity index (χ3n) is 3.80. The Morgan fingerprint density at radius 2 is 1.94 bits per heavy atom. The summed E-state index contributed by atoms with van der Waals surface area (Å²) in [5.41, 5.74) is 0. The summed E-state index contributed by atoms with van der Waals surface area (Å²) in [6.45, 7) is 1.85. The minimum Gasteiger partial charge on any atom is -0.381 e. The first-order valence-corrected chi connectivity index (χ1v) is 8.35. The Hall–Kier alpha value is -0.170. The monoisotopic (exact) mass is 277 g/mol. The molecular weight excluding hydrogens is 254 g/mol. The lowest BCUT2D eigenvalue weighted by atomic mass is 10.1. The highest BCUT2D eigenvalue weighted by molar-refractivity contribution is 7.89. The first-order chi connectivity index (χ1) is 8.62. The van der Waals surface area contributed by atoms with E-state index in [1.807, 2.05) is 0 Å². The van der Waals surface area contributed by atoms with Gasteiger partial charge in [-0.15, -0.1) is 0 Å². The zero-order valence-electron chi connectivity index (χ0n) is 11.0. The molecule has 0 aliphatic carbocycles. The number of sulfonamides is 1. The predicted molar refractivity (Wildman–Crippen MR) is 69.0 cm³/mol. The molecular formula is C12H23NO4S.